The van der Waals surface area contributed by atoms with Gasteiger partial charge in [0.15, 0.2) is 0 Å². The van der Waals surface area contributed by atoms with Crippen molar-refractivity contribution in [3.63, 3.8) is 0 Å². The molecular formula is C7H9N3O4. The summed E-state index contributed by atoms with van der Waals surface area (Å²) >= 11 is 0. The van der Waals surface area contributed by atoms with Gasteiger partial charge in [0.05, 0.1) is 6.42 Å². The Morgan fingerprint density at radius 1 is 1.50 bits per heavy atom. The molecule has 0 spiro atoms. The second kappa shape index (κ2) is 4.26. The van der Waals surface area contributed by atoms with Crippen molar-refractivity contribution >= 4 is 11.9 Å². The standard InChI is InChI=1S/C7H9N3O4/c11-6(12)3-5(7(13)14)9-10-2-1-8-4-10/h1-2,4-5,9H,3H2,(H,11,12)(H,13,14)/t5-/m0/s1. The summed E-state index contributed by atoms with van der Waals surface area (Å²) in [6.45, 7) is 0. The first kappa shape index (κ1) is 10.0. The van der Waals surface area contributed by atoms with E-state index < -0.39 is 24.4 Å². The maximum Gasteiger partial charge on any atom is 0.328 e. The van der Waals surface area contributed by atoms with E-state index in [4.69, 9.17) is 10.2 Å². The van der Waals surface area contributed by atoms with E-state index in [0.717, 1.165) is 0 Å². The van der Waals surface area contributed by atoms with Gasteiger partial charge >= 0.3 is 11.9 Å². The minimum absolute atomic E-state index is 0.493. The van der Waals surface area contributed by atoms with Gasteiger partial charge in [-0.2, -0.15) is 0 Å². The Morgan fingerprint density at radius 3 is 2.64 bits per heavy atom. The lowest BCUT2D eigenvalue weighted by molar-refractivity contribution is -0.144. The van der Waals surface area contributed by atoms with Crippen LogP contribution in [-0.2, 0) is 9.59 Å². The lowest BCUT2D eigenvalue weighted by Crippen LogP contribution is -2.36. The van der Waals surface area contributed by atoms with Crippen molar-refractivity contribution in [2.45, 2.75) is 12.5 Å². The molecule has 1 aromatic rings. The molecule has 7 nitrogen and oxygen atoms in total. The van der Waals surface area contributed by atoms with Crippen LogP contribution in [-0.4, -0.2) is 37.9 Å². The normalized spacial score (nSPS) is 12.0. The fraction of sp³-hybridized carbons (Fsp3) is 0.286. The molecule has 0 bridgehead atoms. The van der Waals surface area contributed by atoms with Gasteiger partial charge in [-0.25, -0.2) is 9.78 Å². The minimum Gasteiger partial charge on any atom is -0.481 e. The number of nitrogens with zero attached hydrogens (tertiary/aromatic N) is 2. The van der Waals surface area contributed by atoms with Gasteiger partial charge in [0.2, 0.25) is 0 Å². The van der Waals surface area contributed by atoms with Crippen LogP contribution in [0.5, 0.6) is 0 Å². The van der Waals surface area contributed by atoms with Crippen molar-refractivity contribution in [2.75, 3.05) is 5.43 Å². The highest BCUT2D eigenvalue weighted by Crippen LogP contribution is 1.95. The number of nitrogens with one attached hydrogen (secondary N) is 1. The molecule has 0 radical (unpaired) electrons. The zero-order chi connectivity index (χ0) is 10.6. The average Bonchev–Trinajstić information content (AvgIpc) is 2.54. The van der Waals surface area contributed by atoms with Crippen LogP contribution in [0.25, 0.3) is 0 Å². The molecule has 0 unspecified atom stereocenters. The van der Waals surface area contributed by atoms with Crippen molar-refractivity contribution in [3.8, 4) is 0 Å². The van der Waals surface area contributed by atoms with E-state index >= 15 is 0 Å². The number of aromatic nitrogens is 2. The molecule has 1 atom stereocenters. The summed E-state index contributed by atoms with van der Waals surface area (Å²) in [7, 11) is 0. The van der Waals surface area contributed by atoms with Crippen molar-refractivity contribution in [3.05, 3.63) is 18.7 Å². The molecule has 3 N–H and O–H groups in total. The summed E-state index contributed by atoms with van der Waals surface area (Å²) in [6.07, 6.45) is 3.79. The molecule has 76 valence electrons. The molecule has 1 heterocycles. The summed E-state index contributed by atoms with van der Waals surface area (Å²) in [6, 6.07) is -1.17. The molecule has 7 heteroatoms. The van der Waals surface area contributed by atoms with Crippen LogP contribution in [0, 0.1) is 0 Å². The molecule has 0 saturated heterocycles. The fourth-order valence-electron chi connectivity index (χ4n) is 0.878. The molecular weight excluding hydrogens is 190 g/mol. The number of hydrogen-bond donors (Lipinski definition) is 3. The first-order chi connectivity index (χ1) is 6.59. The summed E-state index contributed by atoms with van der Waals surface area (Å²) in [5.41, 5.74) is 2.46. The molecule has 0 aliphatic heterocycles. The molecule has 1 rings (SSSR count). The monoisotopic (exact) mass is 199 g/mol. The van der Waals surface area contributed by atoms with Gasteiger partial charge in [0.1, 0.15) is 12.4 Å². The molecule has 0 amide bonds. The van der Waals surface area contributed by atoms with Crippen LogP contribution in [0.4, 0.5) is 0 Å². The molecule has 0 aliphatic carbocycles. The van der Waals surface area contributed by atoms with Crippen molar-refractivity contribution < 1.29 is 19.8 Å². The van der Waals surface area contributed by atoms with Crippen LogP contribution in [0.15, 0.2) is 18.7 Å². The fourth-order valence-corrected chi connectivity index (χ4v) is 0.878. The number of rotatable bonds is 5. The number of carbonyl (C=O) groups is 2. The Kier molecular flexibility index (Phi) is 3.05. The quantitative estimate of drug-likeness (QED) is 0.582. The third-order valence-electron chi connectivity index (χ3n) is 1.49. The second-order valence-corrected chi connectivity index (χ2v) is 2.59. The highest BCUT2D eigenvalue weighted by molar-refractivity contribution is 5.81. The van der Waals surface area contributed by atoms with E-state index in [2.05, 4.69) is 10.4 Å². The maximum atomic E-state index is 10.6. The molecule has 0 aliphatic rings. The highest BCUT2D eigenvalue weighted by atomic mass is 16.4. The Labute approximate surface area is 79.0 Å². The summed E-state index contributed by atoms with van der Waals surface area (Å²) in [4.78, 5) is 24.6. The average molecular weight is 199 g/mol. The van der Waals surface area contributed by atoms with Crippen LogP contribution in [0.1, 0.15) is 6.42 Å². The number of carboxylic acids is 2. The van der Waals surface area contributed by atoms with Crippen LogP contribution in [0.3, 0.4) is 0 Å². The molecule has 1 aromatic heterocycles. The van der Waals surface area contributed by atoms with E-state index in [9.17, 15) is 9.59 Å². The highest BCUT2D eigenvalue weighted by Gasteiger charge is 2.20. The SMILES string of the molecule is O=C(O)C[C@H](Nn1ccnc1)C(=O)O. The molecule has 0 saturated carbocycles. The summed E-state index contributed by atoms with van der Waals surface area (Å²) in [5, 5.41) is 17.1. The van der Waals surface area contributed by atoms with Crippen LogP contribution < -0.4 is 5.43 Å². The van der Waals surface area contributed by atoms with E-state index in [0.29, 0.717) is 0 Å². The first-order valence-electron chi connectivity index (χ1n) is 3.78. The third-order valence-corrected chi connectivity index (χ3v) is 1.49. The first-order valence-corrected chi connectivity index (χ1v) is 3.78. The molecule has 0 aromatic carbocycles. The zero-order valence-electron chi connectivity index (χ0n) is 7.12. The largest absolute Gasteiger partial charge is 0.481 e. The number of aliphatic carboxylic acids is 2. The lowest BCUT2D eigenvalue weighted by atomic mass is 10.2. The van der Waals surface area contributed by atoms with E-state index in [1.807, 2.05) is 0 Å². The maximum absolute atomic E-state index is 10.6. The van der Waals surface area contributed by atoms with Gasteiger partial charge in [-0.05, 0) is 0 Å². The van der Waals surface area contributed by atoms with E-state index in [1.165, 1.54) is 23.4 Å². The minimum atomic E-state index is -1.22. The van der Waals surface area contributed by atoms with Gasteiger partial charge < -0.3 is 15.6 Å². The van der Waals surface area contributed by atoms with Gasteiger partial charge in [-0.15, -0.1) is 0 Å². The Balaban J connectivity index is 2.60. The van der Waals surface area contributed by atoms with Crippen LogP contribution in [0.2, 0.25) is 0 Å². The van der Waals surface area contributed by atoms with Crippen LogP contribution >= 0.6 is 0 Å². The predicted molar refractivity (Wildman–Crippen MR) is 45.3 cm³/mol. The molecule has 0 fully saturated rings. The van der Waals surface area contributed by atoms with Crippen molar-refractivity contribution in [1.29, 1.82) is 0 Å². The zero-order valence-corrected chi connectivity index (χ0v) is 7.12. The number of imidazole rings is 1. The Hall–Kier alpha value is -2.05. The lowest BCUT2D eigenvalue weighted by Gasteiger charge is -2.13. The van der Waals surface area contributed by atoms with Gasteiger partial charge in [-0.3, -0.25) is 9.47 Å². The van der Waals surface area contributed by atoms with Crippen molar-refractivity contribution in [1.82, 2.24) is 9.66 Å². The van der Waals surface area contributed by atoms with Gasteiger partial charge in [0, 0.05) is 12.4 Å². The van der Waals surface area contributed by atoms with E-state index in [-0.39, 0.29) is 0 Å². The second-order valence-electron chi connectivity index (χ2n) is 2.59. The van der Waals surface area contributed by atoms with Gasteiger partial charge in [0.25, 0.3) is 0 Å². The van der Waals surface area contributed by atoms with Gasteiger partial charge in [-0.1, -0.05) is 0 Å². The third kappa shape index (κ3) is 2.77. The number of carboxylic acid groups (broad SMARTS) is 2. The Bertz CT molecular complexity index is 322. The van der Waals surface area contributed by atoms with E-state index in [1.54, 1.807) is 0 Å². The van der Waals surface area contributed by atoms with Crippen molar-refractivity contribution in [2.24, 2.45) is 0 Å². The predicted octanol–water partition coefficient (Wildman–Crippen LogP) is -0.646. The molecule has 14 heavy (non-hydrogen) atoms. The summed E-state index contributed by atoms with van der Waals surface area (Å²) in [5.74, 6) is -2.40. The smallest absolute Gasteiger partial charge is 0.328 e. The topological polar surface area (TPSA) is 104 Å². The number of hydrogen-bond acceptors (Lipinski definition) is 4. The Morgan fingerprint density at radius 2 is 2.21 bits per heavy atom. The summed E-state index contributed by atoms with van der Waals surface area (Å²) < 4.78 is 1.29.